The molecule has 0 radical (unpaired) electrons. The molecular weight excluding hydrogens is 337 g/mol. The molecule has 5 nitrogen and oxygen atoms in total. The summed E-state index contributed by atoms with van der Waals surface area (Å²) in [5.74, 6) is -0.361. The quantitative estimate of drug-likeness (QED) is 0.885. The third-order valence-corrected chi connectivity index (χ3v) is 4.29. The van der Waals surface area contributed by atoms with Gasteiger partial charge in [-0.15, -0.1) is 0 Å². The van der Waals surface area contributed by atoms with E-state index in [4.69, 9.17) is 23.2 Å². The van der Waals surface area contributed by atoms with Crippen molar-refractivity contribution in [2.24, 2.45) is 0 Å². The van der Waals surface area contributed by atoms with Gasteiger partial charge in [0.15, 0.2) is 0 Å². The molecule has 0 atom stereocenters. The Labute approximate surface area is 143 Å². The second kappa shape index (κ2) is 6.48. The number of amides is 3. The molecule has 1 saturated heterocycles. The van der Waals surface area contributed by atoms with E-state index in [-0.39, 0.29) is 17.0 Å². The van der Waals surface area contributed by atoms with Crippen molar-refractivity contribution in [3.8, 4) is 0 Å². The number of carbonyl (C=O) groups is 2. The van der Waals surface area contributed by atoms with Crippen molar-refractivity contribution in [2.45, 2.75) is 0 Å². The molecule has 3 rings (SSSR count). The summed E-state index contributed by atoms with van der Waals surface area (Å²) in [6.45, 7) is 1.20. The molecule has 1 aliphatic rings. The van der Waals surface area contributed by atoms with Gasteiger partial charge >= 0.3 is 6.03 Å². The Balaban J connectivity index is 1.81. The van der Waals surface area contributed by atoms with Crippen LogP contribution in [0, 0.1) is 0 Å². The first-order valence-electron chi connectivity index (χ1n) is 6.97. The van der Waals surface area contributed by atoms with Crippen molar-refractivity contribution < 1.29 is 9.59 Å². The number of benzene rings is 2. The highest BCUT2D eigenvalue weighted by Gasteiger charge is 2.21. The number of hydrogen-bond acceptors (Lipinski definition) is 2. The molecule has 3 amide bonds. The SMILES string of the molecule is O=C(Nc1cccc(N2CCNC2=O)c1)c1cccc(Cl)c1Cl. The van der Waals surface area contributed by atoms with Crippen molar-refractivity contribution in [3.63, 3.8) is 0 Å². The molecule has 23 heavy (non-hydrogen) atoms. The summed E-state index contributed by atoms with van der Waals surface area (Å²) in [6, 6.07) is 11.8. The molecule has 2 aromatic rings. The number of anilines is 2. The van der Waals surface area contributed by atoms with Crippen molar-refractivity contribution in [2.75, 3.05) is 23.3 Å². The van der Waals surface area contributed by atoms with Crippen LogP contribution in [0.4, 0.5) is 16.2 Å². The third-order valence-electron chi connectivity index (χ3n) is 3.47. The summed E-state index contributed by atoms with van der Waals surface area (Å²) in [5, 5.41) is 6.03. The predicted molar refractivity (Wildman–Crippen MR) is 91.6 cm³/mol. The molecule has 0 aliphatic carbocycles. The zero-order valence-corrected chi connectivity index (χ0v) is 13.5. The number of rotatable bonds is 3. The van der Waals surface area contributed by atoms with E-state index >= 15 is 0 Å². The standard InChI is InChI=1S/C16H13Cl2N3O2/c17-13-6-2-5-12(14(13)18)15(22)20-10-3-1-4-11(9-10)21-8-7-19-16(21)23/h1-6,9H,7-8H2,(H,19,23)(H,20,22). The minimum Gasteiger partial charge on any atom is -0.336 e. The highest BCUT2D eigenvalue weighted by Crippen LogP contribution is 2.27. The highest BCUT2D eigenvalue weighted by molar-refractivity contribution is 6.44. The number of nitrogens with zero attached hydrogens (tertiary/aromatic N) is 1. The van der Waals surface area contributed by atoms with Crippen LogP contribution >= 0.6 is 23.2 Å². The van der Waals surface area contributed by atoms with E-state index in [1.165, 1.54) is 0 Å². The monoisotopic (exact) mass is 349 g/mol. The van der Waals surface area contributed by atoms with Crippen LogP contribution in [0.2, 0.25) is 10.0 Å². The lowest BCUT2D eigenvalue weighted by atomic mass is 10.2. The normalized spacial score (nSPS) is 13.8. The minimum atomic E-state index is -0.361. The van der Waals surface area contributed by atoms with E-state index in [2.05, 4.69) is 10.6 Å². The Kier molecular flexibility index (Phi) is 4.41. The van der Waals surface area contributed by atoms with Crippen LogP contribution in [0.25, 0.3) is 0 Å². The number of halogens is 2. The summed E-state index contributed by atoms with van der Waals surface area (Å²) >= 11 is 12.0. The first-order valence-corrected chi connectivity index (χ1v) is 7.72. The van der Waals surface area contributed by atoms with E-state index < -0.39 is 0 Å². The van der Waals surface area contributed by atoms with Crippen LogP contribution in [0.3, 0.4) is 0 Å². The molecule has 1 aliphatic heterocycles. The van der Waals surface area contributed by atoms with Gasteiger partial charge in [-0.25, -0.2) is 4.79 Å². The van der Waals surface area contributed by atoms with Crippen molar-refractivity contribution in [3.05, 3.63) is 58.1 Å². The lowest BCUT2D eigenvalue weighted by Crippen LogP contribution is -2.27. The Morgan fingerprint density at radius 3 is 2.70 bits per heavy atom. The summed E-state index contributed by atoms with van der Waals surface area (Å²) < 4.78 is 0. The first kappa shape index (κ1) is 15.6. The van der Waals surface area contributed by atoms with E-state index in [0.29, 0.717) is 29.4 Å². The second-order valence-corrected chi connectivity index (χ2v) is 5.77. The zero-order valence-electron chi connectivity index (χ0n) is 12.0. The molecule has 0 bridgehead atoms. The van der Waals surface area contributed by atoms with Crippen LogP contribution in [-0.4, -0.2) is 25.0 Å². The maximum absolute atomic E-state index is 12.3. The lowest BCUT2D eigenvalue weighted by molar-refractivity contribution is 0.102. The van der Waals surface area contributed by atoms with Gasteiger partial charge < -0.3 is 10.6 Å². The van der Waals surface area contributed by atoms with Gasteiger partial charge in [0, 0.05) is 24.5 Å². The molecular formula is C16H13Cl2N3O2. The van der Waals surface area contributed by atoms with E-state index in [9.17, 15) is 9.59 Å². The lowest BCUT2D eigenvalue weighted by Gasteiger charge is -2.15. The largest absolute Gasteiger partial charge is 0.336 e. The summed E-state index contributed by atoms with van der Waals surface area (Å²) in [4.78, 5) is 25.7. The van der Waals surface area contributed by atoms with Crippen LogP contribution in [0.1, 0.15) is 10.4 Å². The molecule has 0 unspecified atom stereocenters. The topological polar surface area (TPSA) is 61.4 Å². The van der Waals surface area contributed by atoms with Crippen molar-refractivity contribution >= 4 is 46.5 Å². The molecule has 7 heteroatoms. The Morgan fingerprint density at radius 1 is 1.17 bits per heavy atom. The fraction of sp³-hybridized carbons (Fsp3) is 0.125. The first-order chi connectivity index (χ1) is 11.1. The Bertz CT molecular complexity index is 780. The number of carbonyl (C=O) groups excluding carboxylic acids is 2. The average Bonchev–Trinajstić information content (AvgIpc) is 2.96. The van der Waals surface area contributed by atoms with Gasteiger partial charge in [-0.05, 0) is 30.3 Å². The number of urea groups is 1. The fourth-order valence-electron chi connectivity index (χ4n) is 2.35. The van der Waals surface area contributed by atoms with E-state index in [0.717, 1.165) is 5.69 Å². The van der Waals surface area contributed by atoms with Gasteiger partial charge in [0.25, 0.3) is 5.91 Å². The van der Waals surface area contributed by atoms with E-state index in [1.54, 1.807) is 41.3 Å². The average molecular weight is 350 g/mol. The predicted octanol–water partition coefficient (Wildman–Crippen LogP) is 3.78. The molecule has 0 aromatic heterocycles. The van der Waals surface area contributed by atoms with Gasteiger partial charge in [-0.2, -0.15) is 0 Å². The van der Waals surface area contributed by atoms with Gasteiger partial charge in [-0.1, -0.05) is 35.3 Å². The van der Waals surface area contributed by atoms with Crippen LogP contribution < -0.4 is 15.5 Å². The Morgan fingerprint density at radius 2 is 1.96 bits per heavy atom. The number of hydrogen-bond donors (Lipinski definition) is 2. The van der Waals surface area contributed by atoms with Gasteiger partial charge in [0.2, 0.25) is 0 Å². The van der Waals surface area contributed by atoms with Crippen LogP contribution in [0.5, 0.6) is 0 Å². The van der Waals surface area contributed by atoms with Crippen molar-refractivity contribution in [1.29, 1.82) is 0 Å². The number of nitrogens with one attached hydrogen (secondary N) is 2. The Hall–Kier alpha value is -2.24. The molecule has 2 aromatic carbocycles. The van der Waals surface area contributed by atoms with Gasteiger partial charge in [-0.3, -0.25) is 9.69 Å². The summed E-state index contributed by atoms with van der Waals surface area (Å²) in [6.07, 6.45) is 0. The smallest absolute Gasteiger partial charge is 0.321 e. The third kappa shape index (κ3) is 3.25. The molecule has 1 heterocycles. The maximum Gasteiger partial charge on any atom is 0.321 e. The molecule has 118 valence electrons. The molecule has 0 spiro atoms. The van der Waals surface area contributed by atoms with Crippen LogP contribution in [-0.2, 0) is 0 Å². The van der Waals surface area contributed by atoms with Crippen LogP contribution in [0.15, 0.2) is 42.5 Å². The van der Waals surface area contributed by atoms with Gasteiger partial charge in [0.1, 0.15) is 0 Å². The second-order valence-electron chi connectivity index (χ2n) is 4.99. The maximum atomic E-state index is 12.3. The van der Waals surface area contributed by atoms with Crippen molar-refractivity contribution in [1.82, 2.24) is 5.32 Å². The highest BCUT2D eigenvalue weighted by atomic mass is 35.5. The minimum absolute atomic E-state index is 0.147. The molecule has 1 fully saturated rings. The molecule has 0 saturated carbocycles. The summed E-state index contributed by atoms with van der Waals surface area (Å²) in [7, 11) is 0. The zero-order chi connectivity index (χ0) is 16.4. The van der Waals surface area contributed by atoms with Gasteiger partial charge in [0.05, 0.1) is 15.6 Å². The fourth-order valence-corrected chi connectivity index (χ4v) is 2.73. The molecule has 2 N–H and O–H groups in total. The summed E-state index contributed by atoms with van der Waals surface area (Å²) in [5.41, 5.74) is 1.58. The van der Waals surface area contributed by atoms with E-state index in [1.807, 2.05) is 6.07 Å².